The van der Waals surface area contributed by atoms with Gasteiger partial charge < -0.3 is 20.7 Å². The van der Waals surface area contributed by atoms with E-state index in [2.05, 4.69) is 20.9 Å². The van der Waals surface area contributed by atoms with Crippen LogP contribution < -0.4 is 11.1 Å². The van der Waals surface area contributed by atoms with Crippen molar-refractivity contribution in [1.29, 1.82) is 0 Å². The number of imidazole rings is 1. The largest absolute Gasteiger partial charge is 0.507 e. The molecule has 5 heteroatoms. The number of nitrogens with one attached hydrogen (secondary N) is 1. The zero-order chi connectivity index (χ0) is 19.8. The van der Waals surface area contributed by atoms with E-state index in [1.807, 2.05) is 68.0 Å². The maximum Gasteiger partial charge on any atom is 0.123 e. The Bertz CT molecular complexity index is 1010. The van der Waals surface area contributed by atoms with Crippen molar-refractivity contribution in [2.75, 3.05) is 17.6 Å². The lowest BCUT2D eigenvalue weighted by atomic mass is 10.1. The van der Waals surface area contributed by atoms with E-state index in [0.717, 1.165) is 47.2 Å². The molecule has 0 aliphatic heterocycles. The number of nitrogens with two attached hydrogens (primary N) is 1. The minimum Gasteiger partial charge on any atom is -0.507 e. The molecule has 0 unspecified atom stereocenters. The highest BCUT2D eigenvalue weighted by Gasteiger charge is 1.97. The molecule has 1 aromatic heterocycles. The maximum atomic E-state index is 9.37. The molecule has 4 N–H and O–H groups in total. The summed E-state index contributed by atoms with van der Waals surface area (Å²) in [5, 5.41) is 14.7. The molecule has 0 bridgehead atoms. The number of fused-ring (bicyclic) bond motifs is 1. The van der Waals surface area contributed by atoms with E-state index in [1.54, 1.807) is 12.3 Å². The van der Waals surface area contributed by atoms with E-state index in [9.17, 15) is 5.11 Å². The third-order valence-electron chi connectivity index (χ3n) is 4.52. The number of phenols is 1. The number of aromatic hydroxyl groups is 1. The van der Waals surface area contributed by atoms with Gasteiger partial charge in [-0.25, -0.2) is 4.98 Å². The Balaban J connectivity index is 0.000000176. The van der Waals surface area contributed by atoms with Crippen molar-refractivity contribution in [2.45, 2.75) is 19.9 Å². The summed E-state index contributed by atoms with van der Waals surface area (Å²) in [6.07, 6.45) is 6.69. The zero-order valence-electron chi connectivity index (χ0n) is 16.0. The Morgan fingerprint density at radius 1 is 1.07 bits per heavy atom. The van der Waals surface area contributed by atoms with Gasteiger partial charge in [-0.2, -0.15) is 0 Å². The summed E-state index contributed by atoms with van der Waals surface area (Å²) in [6, 6.07) is 19.3. The van der Waals surface area contributed by atoms with E-state index in [-0.39, 0.29) is 0 Å². The number of rotatable bonds is 5. The van der Waals surface area contributed by atoms with Crippen LogP contribution in [-0.4, -0.2) is 21.2 Å². The van der Waals surface area contributed by atoms with Gasteiger partial charge in [0.05, 0.1) is 6.33 Å². The molecule has 144 valence electrons. The first-order valence-electron chi connectivity index (χ1n) is 9.36. The van der Waals surface area contributed by atoms with Gasteiger partial charge in [-0.3, -0.25) is 0 Å². The van der Waals surface area contributed by atoms with Crippen LogP contribution in [0.3, 0.4) is 0 Å². The Morgan fingerprint density at radius 3 is 2.64 bits per heavy atom. The average molecular weight is 374 g/mol. The Kier molecular flexibility index (Phi) is 6.52. The molecular formula is C23H26N4O. The summed E-state index contributed by atoms with van der Waals surface area (Å²) in [4.78, 5) is 4.01. The first kappa shape index (κ1) is 19.3. The minimum absolute atomic E-state index is 0.350. The molecule has 28 heavy (non-hydrogen) atoms. The number of nitrogens with zero attached hydrogens (tertiary/aromatic N) is 2. The van der Waals surface area contributed by atoms with Crippen LogP contribution in [0.25, 0.3) is 10.8 Å². The summed E-state index contributed by atoms with van der Waals surface area (Å²) < 4.78 is 2.08. The van der Waals surface area contributed by atoms with Crippen LogP contribution in [0.2, 0.25) is 0 Å². The standard InChI is InChI=1S/C13H18N4.C10H8O/c1-11-9-12(3-4-13(11)14)16-5-2-7-17-8-6-15-10-17;11-10-7-3-5-8-4-1-2-6-9(8)10/h3-4,6,8-10,16H,2,5,7,14H2,1H3;1-7,11H. The van der Waals surface area contributed by atoms with E-state index in [1.165, 1.54) is 0 Å². The van der Waals surface area contributed by atoms with Gasteiger partial charge in [-0.15, -0.1) is 0 Å². The molecule has 3 aromatic carbocycles. The highest BCUT2D eigenvalue weighted by Crippen LogP contribution is 2.23. The quantitative estimate of drug-likeness (QED) is 0.346. The Labute approximate surface area is 165 Å². The van der Waals surface area contributed by atoms with Gasteiger partial charge in [0.1, 0.15) is 5.75 Å². The summed E-state index contributed by atoms with van der Waals surface area (Å²) in [5.41, 5.74) is 8.85. The van der Waals surface area contributed by atoms with E-state index in [4.69, 9.17) is 5.73 Å². The van der Waals surface area contributed by atoms with Crippen LogP contribution in [0.1, 0.15) is 12.0 Å². The molecule has 0 saturated carbocycles. The lowest BCUT2D eigenvalue weighted by Gasteiger charge is -2.08. The number of hydrogen-bond donors (Lipinski definition) is 3. The molecule has 0 saturated heterocycles. The highest BCUT2D eigenvalue weighted by molar-refractivity contribution is 5.87. The fraction of sp³-hybridized carbons (Fsp3) is 0.174. The molecule has 0 spiro atoms. The summed E-state index contributed by atoms with van der Waals surface area (Å²) >= 11 is 0. The number of anilines is 2. The van der Waals surface area contributed by atoms with Crippen molar-refractivity contribution < 1.29 is 5.11 Å². The molecular weight excluding hydrogens is 348 g/mol. The second kappa shape index (κ2) is 9.46. The molecule has 0 fully saturated rings. The average Bonchev–Trinajstić information content (AvgIpc) is 3.22. The fourth-order valence-electron chi connectivity index (χ4n) is 2.91. The second-order valence-corrected chi connectivity index (χ2v) is 6.65. The number of phenolic OH excluding ortho intramolecular Hbond substituents is 1. The molecule has 4 aromatic rings. The predicted octanol–water partition coefficient (Wildman–Crippen LogP) is 4.82. The van der Waals surface area contributed by atoms with Crippen molar-refractivity contribution >= 4 is 22.1 Å². The molecule has 0 amide bonds. The third kappa shape index (κ3) is 5.27. The van der Waals surface area contributed by atoms with Crippen molar-refractivity contribution in [3.05, 3.63) is 84.9 Å². The topological polar surface area (TPSA) is 76.1 Å². The maximum absolute atomic E-state index is 9.37. The van der Waals surface area contributed by atoms with Crippen LogP contribution >= 0.6 is 0 Å². The van der Waals surface area contributed by atoms with Crippen molar-refractivity contribution in [2.24, 2.45) is 0 Å². The number of benzene rings is 3. The summed E-state index contributed by atoms with van der Waals surface area (Å²) in [5.74, 6) is 0.350. The molecule has 0 atom stereocenters. The summed E-state index contributed by atoms with van der Waals surface area (Å²) in [7, 11) is 0. The predicted molar refractivity (Wildman–Crippen MR) is 117 cm³/mol. The van der Waals surface area contributed by atoms with Crippen LogP contribution in [0.4, 0.5) is 11.4 Å². The molecule has 4 rings (SSSR count). The fourth-order valence-corrected chi connectivity index (χ4v) is 2.91. The van der Waals surface area contributed by atoms with Gasteiger partial charge >= 0.3 is 0 Å². The number of hydrogen-bond acceptors (Lipinski definition) is 4. The number of aromatic nitrogens is 2. The molecule has 5 nitrogen and oxygen atoms in total. The van der Waals surface area contributed by atoms with Gasteiger partial charge in [0.15, 0.2) is 0 Å². The monoisotopic (exact) mass is 374 g/mol. The van der Waals surface area contributed by atoms with Gasteiger partial charge in [0, 0.05) is 42.2 Å². The van der Waals surface area contributed by atoms with Crippen molar-refractivity contribution in [3.63, 3.8) is 0 Å². The molecule has 0 aliphatic carbocycles. The van der Waals surface area contributed by atoms with E-state index >= 15 is 0 Å². The number of nitrogen functional groups attached to an aromatic ring is 1. The highest BCUT2D eigenvalue weighted by atomic mass is 16.3. The van der Waals surface area contributed by atoms with Gasteiger partial charge in [0.2, 0.25) is 0 Å². The van der Waals surface area contributed by atoms with Gasteiger partial charge in [-0.1, -0.05) is 36.4 Å². The first-order chi connectivity index (χ1) is 13.6. The van der Waals surface area contributed by atoms with Gasteiger partial charge in [0.25, 0.3) is 0 Å². The smallest absolute Gasteiger partial charge is 0.123 e. The third-order valence-corrected chi connectivity index (χ3v) is 4.52. The molecule has 1 heterocycles. The summed E-state index contributed by atoms with van der Waals surface area (Å²) in [6.45, 7) is 3.95. The normalized spacial score (nSPS) is 10.3. The van der Waals surface area contributed by atoms with Crippen LogP contribution in [0.5, 0.6) is 5.75 Å². The zero-order valence-corrected chi connectivity index (χ0v) is 16.0. The lowest BCUT2D eigenvalue weighted by Crippen LogP contribution is -2.06. The van der Waals surface area contributed by atoms with E-state index in [0.29, 0.717) is 5.75 Å². The minimum atomic E-state index is 0.350. The Morgan fingerprint density at radius 2 is 1.89 bits per heavy atom. The van der Waals surface area contributed by atoms with E-state index < -0.39 is 0 Å². The number of aryl methyl sites for hydroxylation is 2. The Hall–Kier alpha value is -3.47. The van der Waals surface area contributed by atoms with Crippen molar-refractivity contribution in [1.82, 2.24) is 9.55 Å². The molecule has 0 radical (unpaired) electrons. The SMILES string of the molecule is Cc1cc(NCCCn2ccnc2)ccc1N.Oc1cccc2ccccc12. The lowest BCUT2D eigenvalue weighted by molar-refractivity contribution is 0.481. The second-order valence-electron chi connectivity index (χ2n) is 6.65. The van der Waals surface area contributed by atoms with Gasteiger partial charge in [-0.05, 0) is 48.6 Å². The molecule has 0 aliphatic rings. The van der Waals surface area contributed by atoms with Crippen LogP contribution in [0.15, 0.2) is 79.4 Å². The van der Waals surface area contributed by atoms with Crippen molar-refractivity contribution in [3.8, 4) is 5.75 Å². The van der Waals surface area contributed by atoms with Crippen LogP contribution in [0, 0.1) is 6.92 Å². The van der Waals surface area contributed by atoms with Crippen LogP contribution in [-0.2, 0) is 6.54 Å². The first-order valence-corrected chi connectivity index (χ1v) is 9.36.